The van der Waals surface area contributed by atoms with Gasteiger partial charge in [0.05, 0.1) is 73.3 Å². The highest BCUT2D eigenvalue weighted by molar-refractivity contribution is 7.58. The number of ether oxygens (including phenoxy) is 1. The molecular weight excluding hydrogens is 584 g/mol. The number of hydrogen-bond donors (Lipinski definition) is 7. The lowest BCUT2D eigenvalue weighted by Gasteiger charge is -2.42. The second-order valence-electron chi connectivity index (χ2n) is 9.21. The monoisotopic (exact) mass is 643 g/mol. The van der Waals surface area contributed by atoms with Gasteiger partial charge in [-0.05, 0) is 62.3 Å². The van der Waals surface area contributed by atoms with E-state index in [0.717, 1.165) is 0 Å². The van der Waals surface area contributed by atoms with E-state index in [2.05, 4.69) is 75.9 Å². The summed E-state index contributed by atoms with van der Waals surface area (Å²) in [5, 5.41) is 36.9. The molecule has 0 bridgehead atoms. The largest absolute Gasteiger partial charge is 0.790 e. The summed E-state index contributed by atoms with van der Waals surface area (Å²) >= 11 is 0. The fraction of sp³-hybridized carbons (Fsp3) is 1.00. The molecule has 1 fully saturated rings. The molecule has 0 saturated carbocycles. The van der Waals surface area contributed by atoms with E-state index in [1.165, 1.54) is 58.9 Å². The highest BCUT2D eigenvalue weighted by Crippen LogP contribution is 2.52. The quantitative estimate of drug-likeness (QED) is 0.0883. The van der Waals surface area contributed by atoms with Crippen LogP contribution in [0.4, 0.5) is 0 Å². The summed E-state index contributed by atoms with van der Waals surface area (Å²) in [6.45, 7) is 30.6. The number of aliphatic hydroxyl groups excluding tert-OH is 4. The summed E-state index contributed by atoms with van der Waals surface area (Å²) in [5.74, 6) is 0. The lowest BCUT2D eigenvalue weighted by molar-refractivity contribution is -0.894. The predicted molar refractivity (Wildman–Crippen MR) is 149 cm³/mol. The van der Waals surface area contributed by atoms with Crippen LogP contribution >= 0.6 is 15.6 Å². The van der Waals surface area contributed by atoms with Gasteiger partial charge in [-0.3, -0.25) is 13.4 Å². The fourth-order valence-electron chi connectivity index (χ4n) is 3.67. The van der Waals surface area contributed by atoms with Crippen molar-refractivity contribution < 1.29 is 72.5 Å². The molecule has 1 unspecified atom stereocenters. The zero-order chi connectivity index (χ0) is 32.8. The van der Waals surface area contributed by atoms with E-state index in [1.807, 2.05) is 0 Å². The zero-order valence-corrected chi connectivity index (χ0v) is 28.2. The third-order valence-corrected chi connectivity index (χ3v) is 8.85. The summed E-state index contributed by atoms with van der Waals surface area (Å²) in [4.78, 5) is 36.4. The van der Waals surface area contributed by atoms with E-state index in [0.29, 0.717) is 0 Å². The summed E-state index contributed by atoms with van der Waals surface area (Å²) in [7, 11) is -11.6. The average Bonchev–Trinajstić information content (AvgIpc) is 2.91. The molecular formula is C24H59N3O12P2. The van der Waals surface area contributed by atoms with Gasteiger partial charge in [-0.25, -0.2) is 0 Å². The second-order valence-corrected chi connectivity index (χ2v) is 11.9. The van der Waals surface area contributed by atoms with Gasteiger partial charge < -0.3 is 59.1 Å². The molecule has 0 amide bonds. The van der Waals surface area contributed by atoms with Gasteiger partial charge in [0.15, 0.2) is 6.29 Å². The molecule has 15 nitrogen and oxygen atoms in total. The molecule has 0 aromatic carbocycles. The van der Waals surface area contributed by atoms with Crippen molar-refractivity contribution >= 4 is 15.6 Å². The Morgan fingerprint density at radius 1 is 0.634 bits per heavy atom. The highest BCUT2D eigenvalue weighted by atomic mass is 31.3. The van der Waals surface area contributed by atoms with Crippen LogP contribution < -0.4 is 29.4 Å². The number of quaternary nitrogens is 3. The van der Waals surface area contributed by atoms with Crippen LogP contribution in [0.5, 0.6) is 0 Å². The molecule has 17 heteroatoms. The maximum Gasteiger partial charge on any atom is 0.274 e. The number of phosphoric ester groups is 1. The van der Waals surface area contributed by atoms with E-state index in [9.17, 15) is 39.1 Å². The lowest BCUT2D eigenvalue weighted by Crippen LogP contribution is -3.11. The van der Waals surface area contributed by atoms with Gasteiger partial charge in [0, 0.05) is 0 Å². The van der Waals surface area contributed by atoms with E-state index in [1.54, 1.807) is 14.7 Å². The van der Waals surface area contributed by atoms with E-state index >= 15 is 0 Å². The Morgan fingerprint density at radius 3 is 1.17 bits per heavy atom. The van der Waals surface area contributed by atoms with Gasteiger partial charge in [-0.15, -0.1) is 0 Å². The first kappa shape index (κ1) is 45.4. The maximum absolute atomic E-state index is 11.1. The summed E-state index contributed by atoms with van der Waals surface area (Å²) in [5.41, 5.74) is 0. The number of rotatable bonds is 14. The van der Waals surface area contributed by atoms with Crippen LogP contribution in [0.3, 0.4) is 0 Å². The van der Waals surface area contributed by atoms with Crippen molar-refractivity contribution in [1.29, 1.82) is 0 Å². The minimum absolute atomic E-state index is 0.865. The minimum Gasteiger partial charge on any atom is -0.790 e. The van der Waals surface area contributed by atoms with E-state index in [-0.39, 0.29) is 0 Å². The molecule has 41 heavy (non-hydrogen) atoms. The first-order valence-corrected chi connectivity index (χ1v) is 17.5. The molecule has 1 aliphatic rings. The zero-order valence-electron chi connectivity index (χ0n) is 26.4. The summed E-state index contributed by atoms with van der Waals surface area (Å²) < 4.78 is 32.9. The number of hydrogen-bond acceptors (Lipinski definition) is 12. The van der Waals surface area contributed by atoms with Crippen molar-refractivity contribution in [3.63, 3.8) is 0 Å². The van der Waals surface area contributed by atoms with Crippen LogP contribution in [-0.2, 0) is 22.7 Å². The number of aliphatic hydroxyl groups is 4. The van der Waals surface area contributed by atoms with Gasteiger partial charge in [-0.1, -0.05) is 0 Å². The van der Waals surface area contributed by atoms with Gasteiger partial charge >= 0.3 is 0 Å². The Labute approximate surface area is 246 Å². The minimum atomic E-state index is -5.92. The molecule has 0 radical (unpaired) electrons. The molecule has 0 aromatic heterocycles. The van der Waals surface area contributed by atoms with Gasteiger partial charge in [0.25, 0.3) is 7.82 Å². The molecule has 1 heterocycles. The Kier molecular flexibility index (Phi) is 28.0. The maximum atomic E-state index is 11.1. The van der Waals surface area contributed by atoms with Crippen LogP contribution in [0.25, 0.3) is 0 Å². The summed E-state index contributed by atoms with van der Waals surface area (Å²) in [6, 6.07) is 0. The standard InChI is InChI=1S/3C6H15N.C6H14O12P2/c3*1-4-7(5-2)6-3;7-1-2-3(8)4(9)5(10)6(16-2)17-20(14,15)18-19(11,12)13/h3*4-6H2,1-3H3;2-10H,1H2,(H,14,15)(H2,11,12,13)/t;;;2-,3-,4+,5+,6+/m...1/s1. The normalized spacial score (nSPS) is 24.0. The van der Waals surface area contributed by atoms with Crippen molar-refractivity contribution in [2.24, 2.45) is 0 Å². The Morgan fingerprint density at radius 2 is 0.951 bits per heavy atom. The summed E-state index contributed by atoms with van der Waals surface area (Å²) in [6.07, 6.45) is -9.48. The topological polar surface area (TPSA) is 225 Å². The average molecular weight is 644 g/mol. The van der Waals surface area contributed by atoms with Crippen LogP contribution in [0, 0.1) is 0 Å². The van der Waals surface area contributed by atoms with Gasteiger partial charge in [-0.2, -0.15) is 0 Å². The van der Waals surface area contributed by atoms with Gasteiger partial charge in [0.2, 0.25) is 0 Å². The Bertz CT molecular complexity index is 648. The third kappa shape index (κ3) is 22.2. The van der Waals surface area contributed by atoms with Crippen molar-refractivity contribution in [1.82, 2.24) is 0 Å². The first-order chi connectivity index (χ1) is 19.0. The number of phosphoric acid groups is 2. The molecule has 252 valence electrons. The molecule has 1 saturated heterocycles. The van der Waals surface area contributed by atoms with Crippen molar-refractivity contribution in [2.75, 3.05) is 65.5 Å². The van der Waals surface area contributed by atoms with Crippen LogP contribution in [0.1, 0.15) is 62.3 Å². The third-order valence-electron chi connectivity index (χ3n) is 6.78. The van der Waals surface area contributed by atoms with E-state index < -0.39 is 53.0 Å². The lowest BCUT2D eigenvalue weighted by atomic mass is 10.00. The van der Waals surface area contributed by atoms with E-state index in [4.69, 9.17) is 5.11 Å². The van der Waals surface area contributed by atoms with Crippen LogP contribution in [0.15, 0.2) is 0 Å². The molecule has 7 N–H and O–H groups in total. The molecule has 1 rings (SSSR count). The number of nitrogens with one attached hydrogen (secondary N) is 3. The van der Waals surface area contributed by atoms with Crippen molar-refractivity contribution in [3.05, 3.63) is 0 Å². The first-order valence-electron chi connectivity index (χ1n) is 14.5. The van der Waals surface area contributed by atoms with Gasteiger partial charge in [0.1, 0.15) is 24.4 Å². The van der Waals surface area contributed by atoms with Crippen LogP contribution in [-0.4, -0.2) is 117 Å². The second kappa shape index (κ2) is 25.3. The molecule has 6 atom stereocenters. The molecule has 0 aliphatic carbocycles. The Balaban J connectivity index is -0.000000563. The molecule has 0 aromatic rings. The Hall–Kier alpha value is -0.0600. The highest BCUT2D eigenvalue weighted by Gasteiger charge is 2.45. The smallest absolute Gasteiger partial charge is 0.274 e. The SMILES string of the molecule is CC[NH+](CC)CC.CC[NH+](CC)CC.CC[NH+](CC)CC.O=P([O-])([O-])OP(=O)([O-])O[C@@H]1O[C@H](CO)[C@@H](O)[C@H](O)[C@@H]1O. The molecule has 0 spiro atoms. The van der Waals surface area contributed by atoms with Crippen LogP contribution in [0.2, 0.25) is 0 Å². The molecule has 1 aliphatic heterocycles. The fourth-order valence-corrected chi connectivity index (χ4v) is 5.24. The van der Waals surface area contributed by atoms with Crippen molar-refractivity contribution in [2.45, 2.75) is 93.0 Å². The predicted octanol–water partition coefficient (Wildman–Crippen LogP) is -5.09. The van der Waals surface area contributed by atoms with Crippen molar-refractivity contribution in [3.8, 4) is 0 Å².